The number of piperidine rings is 1. The molecule has 2 heterocycles. The fourth-order valence-electron chi connectivity index (χ4n) is 4.49. The number of amides is 1. The molecule has 3 rings (SSSR count). The molecule has 0 radical (unpaired) electrons. The zero-order chi connectivity index (χ0) is 19.8. The van der Waals surface area contributed by atoms with Crippen molar-refractivity contribution >= 4 is 5.91 Å². The lowest BCUT2D eigenvalue weighted by Crippen LogP contribution is -2.35. The van der Waals surface area contributed by atoms with E-state index in [4.69, 9.17) is 9.73 Å². The Hall–Kier alpha value is -1.51. The van der Waals surface area contributed by atoms with Crippen molar-refractivity contribution in [2.75, 3.05) is 13.1 Å². The van der Waals surface area contributed by atoms with Gasteiger partial charge < -0.3 is 9.63 Å². The number of likely N-dealkylation sites (tertiary alicyclic amines) is 1. The minimum absolute atomic E-state index is 0.151. The van der Waals surface area contributed by atoms with Crippen LogP contribution in [0, 0.1) is 5.92 Å². The summed E-state index contributed by atoms with van der Waals surface area (Å²) < 4.78 is 5.48. The van der Waals surface area contributed by atoms with Gasteiger partial charge in [-0.05, 0) is 25.2 Å². The van der Waals surface area contributed by atoms with Gasteiger partial charge in [-0.2, -0.15) is 4.98 Å². The number of hydrogen-bond donors (Lipinski definition) is 3. The molecule has 8 heteroatoms. The number of aliphatic hydroxyl groups excluding tert-OH is 1. The molecule has 158 valence electrons. The third kappa shape index (κ3) is 6.53. The van der Waals surface area contributed by atoms with E-state index in [1.54, 1.807) is 5.48 Å². The Morgan fingerprint density at radius 2 is 1.96 bits per heavy atom. The van der Waals surface area contributed by atoms with Crippen molar-refractivity contribution < 1.29 is 19.6 Å². The van der Waals surface area contributed by atoms with Gasteiger partial charge in [0.15, 0.2) is 5.82 Å². The molecule has 0 spiro atoms. The van der Waals surface area contributed by atoms with E-state index in [-0.39, 0.29) is 18.4 Å². The van der Waals surface area contributed by atoms with E-state index in [1.807, 2.05) is 0 Å². The summed E-state index contributed by atoms with van der Waals surface area (Å²) in [6.45, 7) is 2.24. The summed E-state index contributed by atoms with van der Waals surface area (Å²) in [5.41, 5.74) is 1.72. The average molecular weight is 395 g/mol. The highest BCUT2D eigenvalue weighted by atomic mass is 16.5. The lowest BCUT2D eigenvalue weighted by Gasteiger charge is -2.28. The number of rotatable bonds is 9. The molecule has 0 aromatic carbocycles. The van der Waals surface area contributed by atoms with Crippen molar-refractivity contribution in [3.63, 3.8) is 0 Å². The minimum atomic E-state index is -0.424. The topological polar surface area (TPSA) is 112 Å². The lowest BCUT2D eigenvalue weighted by molar-refractivity contribution is -0.129. The summed E-state index contributed by atoms with van der Waals surface area (Å²) in [5, 5.41) is 22.6. The van der Waals surface area contributed by atoms with E-state index in [0.29, 0.717) is 18.3 Å². The molecule has 28 heavy (non-hydrogen) atoms. The van der Waals surface area contributed by atoms with Crippen LogP contribution in [0.3, 0.4) is 0 Å². The highest BCUT2D eigenvalue weighted by molar-refractivity contribution is 5.75. The van der Waals surface area contributed by atoms with Crippen molar-refractivity contribution in [2.24, 2.45) is 5.92 Å². The van der Waals surface area contributed by atoms with Gasteiger partial charge in [0, 0.05) is 25.4 Å². The number of hydrogen-bond acceptors (Lipinski definition) is 7. The summed E-state index contributed by atoms with van der Waals surface area (Å²) in [5.74, 6) is 1.31. The molecule has 1 aliphatic carbocycles. The molecule has 2 fully saturated rings. The molecule has 1 aromatic heterocycles. The van der Waals surface area contributed by atoms with Crippen molar-refractivity contribution in [3.05, 3.63) is 11.7 Å². The van der Waals surface area contributed by atoms with Crippen LogP contribution < -0.4 is 5.48 Å². The molecule has 1 aromatic rings. The fraction of sp³-hybridized carbons (Fsp3) is 0.850. The predicted octanol–water partition coefficient (Wildman–Crippen LogP) is 2.76. The molecule has 1 atom stereocenters. The van der Waals surface area contributed by atoms with E-state index in [0.717, 1.165) is 44.7 Å². The van der Waals surface area contributed by atoms with Crippen molar-refractivity contribution in [3.8, 4) is 0 Å². The third-order valence-electron chi connectivity index (χ3n) is 6.20. The van der Waals surface area contributed by atoms with E-state index >= 15 is 0 Å². The average Bonchev–Trinajstić information content (AvgIpc) is 3.18. The number of aliphatic hydroxyl groups is 1. The molecule has 3 N–H and O–H groups in total. The smallest absolute Gasteiger partial charge is 0.244 e. The second-order valence-corrected chi connectivity index (χ2v) is 8.43. The van der Waals surface area contributed by atoms with Crippen molar-refractivity contribution in [1.29, 1.82) is 0 Å². The van der Waals surface area contributed by atoms with Gasteiger partial charge in [-0.1, -0.05) is 50.1 Å². The predicted molar refractivity (Wildman–Crippen MR) is 103 cm³/mol. The molecule has 1 aliphatic heterocycles. The van der Waals surface area contributed by atoms with Gasteiger partial charge in [0.25, 0.3) is 0 Å². The SMILES string of the molecule is O=C(C[C@H](CCCC1CCCCC1)c1nc(CN2CCC(O)CC2)no1)NO. The van der Waals surface area contributed by atoms with E-state index < -0.39 is 5.91 Å². The number of carbonyl (C=O) groups excluding carboxylic acids is 1. The Balaban J connectivity index is 1.53. The first-order chi connectivity index (χ1) is 13.6. The zero-order valence-corrected chi connectivity index (χ0v) is 16.7. The second-order valence-electron chi connectivity index (χ2n) is 8.43. The number of nitrogens with zero attached hydrogens (tertiary/aromatic N) is 3. The van der Waals surface area contributed by atoms with Crippen LogP contribution >= 0.6 is 0 Å². The van der Waals surface area contributed by atoms with Crippen LogP contribution in [-0.4, -0.2) is 50.5 Å². The van der Waals surface area contributed by atoms with Gasteiger partial charge in [0.1, 0.15) is 0 Å². The summed E-state index contributed by atoms with van der Waals surface area (Å²) in [4.78, 5) is 18.5. The van der Waals surface area contributed by atoms with Gasteiger partial charge >= 0.3 is 0 Å². The largest absolute Gasteiger partial charge is 0.393 e. The van der Waals surface area contributed by atoms with Crippen LogP contribution in [0.2, 0.25) is 0 Å². The van der Waals surface area contributed by atoms with E-state index in [9.17, 15) is 9.90 Å². The summed E-state index contributed by atoms with van der Waals surface area (Å²) in [6.07, 6.45) is 11.1. The second kappa shape index (κ2) is 10.9. The number of aromatic nitrogens is 2. The van der Waals surface area contributed by atoms with Crippen LogP contribution in [0.25, 0.3) is 0 Å². The Morgan fingerprint density at radius 1 is 1.21 bits per heavy atom. The maximum atomic E-state index is 11.7. The quantitative estimate of drug-likeness (QED) is 0.436. The molecule has 1 amide bonds. The van der Waals surface area contributed by atoms with Crippen molar-refractivity contribution in [1.82, 2.24) is 20.5 Å². The zero-order valence-electron chi connectivity index (χ0n) is 16.7. The van der Waals surface area contributed by atoms with Crippen LogP contribution in [-0.2, 0) is 11.3 Å². The Morgan fingerprint density at radius 3 is 2.68 bits per heavy atom. The van der Waals surface area contributed by atoms with Gasteiger partial charge in [-0.15, -0.1) is 0 Å². The van der Waals surface area contributed by atoms with Crippen molar-refractivity contribution in [2.45, 2.75) is 89.2 Å². The molecule has 0 unspecified atom stereocenters. The Labute approximate surface area is 166 Å². The standard InChI is InChI=1S/C20H34N4O4/c25-17-9-11-24(12-10-17)14-18-21-20(28-23-18)16(13-19(26)22-27)8-4-7-15-5-2-1-3-6-15/h15-17,25,27H,1-14H2,(H,22,26)/t16-/m0/s1. The Kier molecular flexibility index (Phi) is 8.24. The lowest BCUT2D eigenvalue weighted by atomic mass is 9.84. The van der Waals surface area contributed by atoms with Crippen LogP contribution in [0.5, 0.6) is 0 Å². The summed E-state index contributed by atoms with van der Waals surface area (Å²) in [7, 11) is 0. The molecule has 1 saturated carbocycles. The van der Waals surface area contributed by atoms with E-state index in [1.165, 1.54) is 38.5 Å². The van der Waals surface area contributed by atoms with Crippen LogP contribution in [0.15, 0.2) is 4.52 Å². The van der Waals surface area contributed by atoms with Gasteiger partial charge in [-0.25, -0.2) is 5.48 Å². The summed E-state index contributed by atoms with van der Waals surface area (Å²) >= 11 is 0. The van der Waals surface area contributed by atoms with Gasteiger partial charge in [0.05, 0.1) is 12.6 Å². The monoisotopic (exact) mass is 394 g/mol. The summed E-state index contributed by atoms with van der Waals surface area (Å²) in [6, 6.07) is 0. The Bertz CT molecular complexity index is 595. The minimum Gasteiger partial charge on any atom is -0.393 e. The first kappa shape index (κ1) is 21.2. The maximum Gasteiger partial charge on any atom is 0.244 e. The molecular formula is C20H34N4O4. The third-order valence-corrected chi connectivity index (χ3v) is 6.20. The van der Waals surface area contributed by atoms with Crippen LogP contribution in [0.1, 0.15) is 88.3 Å². The molecule has 1 saturated heterocycles. The van der Waals surface area contributed by atoms with Crippen LogP contribution in [0.4, 0.5) is 0 Å². The first-order valence-corrected chi connectivity index (χ1v) is 10.8. The molecule has 0 bridgehead atoms. The normalized spacial score (nSPS) is 20.9. The highest BCUT2D eigenvalue weighted by Crippen LogP contribution is 2.31. The molecule has 8 nitrogen and oxygen atoms in total. The first-order valence-electron chi connectivity index (χ1n) is 10.8. The van der Waals surface area contributed by atoms with Gasteiger partial charge in [-0.3, -0.25) is 14.9 Å². The fourth-order valence-corrected chi connectivity index (χ4v) is 4.49. The molecule has 2 aliphatic rings. The number of hydroxylamine groups is 1. The molecular weight excluding hydrogens is 360 g/mol. The maximum absolute atomic E-state index is 11.7. The van der Waals surface area contributed by atoms with Gasteiger partial charge in [0.2, 0.25) is 11.8 Å². The number of nitrogens with one attached hydrogen (secondary N) is 1. The highest BCUT2D eigenvalue weighted by Gasteiger charge is 2.24. The van der Waals surface area contributed by atoms with E-state index in [2.05, 4.69) is 15.0 Å². The number of carbonyl (C=O) groups is 1.